The molecule has 2 nitrogen and oxygen atoms in total. The van der Waals surface area contributed by atoms with Gasteiger partial charge in [-0.2, -0.15) is 0 Å². The fourth-order valence-corrected chi connectivity index (χ4v) is 4.07. The van der Waals surface area contributed by atoms with E-state index in [1.807, 2.05) is 0 Å². The van der Waals surface area contributed by atoms with Crippen LogP contribution in [-0.2, 0) is 11.1 Å². The molecule has 0 fully saturated rings. The lowest BCUT2D eigenvalue weighted by Crippen LogP contribution is -2.01. The standard InChI is InChI=1S/C15H14NOPS2/c17-18-9-3-8-16-12(14-4-1-10-19-14)6-7-13(16)15-5-2-11-20-15/h1-2,4-7,10-11H,3,8-9H2. The van der Waals surface area contributed by atoms with Crippen molar-refractivity contribution in [3.63, 3.8) is 0 Å². The first-order chi connectivity index (χ1) is 9.90. The van der Waals surface area contributed by atoms with Crippen molar-refractivity contribution in [2.24, 2.45) is 0 Å². The zero-order chi connectivity index (χ0) is 13.8. The van der Waals surface area contributed by atoms with Gasteiger partial charge in [-0.05, 0) is 41.4 Å². The molecule has 0 saturated heterocycles. The van der Waals surface area contributed by atoms with Gasteiger partial charge in [-0.15, -0.1) is 22.7 Å². The number of rotatable bonds is 6. The highest BCUT2D eigenvalue weighted by Crippen LogP contribution is 2.33. The quantitative estimate of drug-likeness (QED) is 0.426. The van der Waals surface area contributed by atoms with Crippen LogP contribution in [0.2, 0.25) is 0 Å². The van der Waals surface area contributed by atoms with E-state index in [-0.39, 0.29) is 8.46 Å². The first kappa shape index (κ1) is 13.7. The molecule has 0 bridgehead atoms. The predicted octanol–water partition coefficient (Wildman–Crippen LogP) is 5.63. The van der Waals surface area contributed by atoms with Crippen molar-refractivity contribution >= 4 is 31.1 Å². The van der Waals surface area contributed by atoms with Crippen molar-refractivity contribution in [2.75, 3.05) is 6.16 Å². The Morgan fingerprint density at radius 3 is 2.00 bits per heavy atom. The monoisotopic (exact) mass is 319 g/mol. The van der Waals surface area contributed by atoms with Crippen LogP contribution in [0.4, 0.5) is 0 Å². The molecule has 0 aliphatic carbocycles. The Balaban J connectivity index is 2.00. The summed E-state index contributed by atoms with van der Waals surface area (Å²) in [6.45, 7) is 0.905. The van der Waals surface area contributed by atoms with Gasteiger partial charge in [0, 0.05) is 12.7 Å². The summed E-state index contributed by atoms with van der Waals surface area (Å²) in [4.78, 5) is 2.57. The zero-order valence-electron chi connectivity index (χ0n) is 10.9. The van der Waals surface area contributed by atoms with Crippen LogP contribution in [-0.4, -0.2) is 10.7 Å². The van der Waals surface area contributed by atoms with E-state index in [0.29, 0.717) is 6.16 Å². The lowest BCUT2D eigenvalue weighted by atomic mass is 10.3. The van der Waals surface area contributed by atoms with Gasteiger partial charge in [0.2, 0.25) is 0 Å². The van der Waals surface area contributed by atoms with Crippen LogP contribution < -0.4 is 0 Å². The average molecular weight is 319 g/mol. The van der Waals surface area contributed by atoms with Crippen molar-refractivity contribution in [2.45, 2.75) is 13.0 Å². The number of nitrogens with zero attached hydrogens (tertiary/aromatic N) is 1. The van der Waals surface area contributed by atoms with Crippen LogP contribution in [0.3, 0.4) is 0 Å². The summed E-state index contributed by atoms with van der Waals surface area (Å²) in [7, 11) is 0.236. The van der Waals surface area contributed by atoms with Crippen molar-refractivity contribution in [3.8, 4) is 21.1 Å². The molecule has 3 aromatic heterocycles. The van der Waals surface area contributed by atoms with E-state index >= 15 is 0 Å². The number of hydrogen-bond donors (Lipinski definition) is 0. The molecule has 3 rings (SSSR count). The van der Waals surface area contributed by atoms with Crippen LogP contribution in [0.5, 0.6) is 0 Å². The van der Waals surface area contributed by atoms with Crippen molar-refractivity contribution < 1.29 is 4.57 Å². The lowest BCUT2D eigenvalue weighted by molar-refractivity contribution is 0.594. The van der Waals surface area contributed by atoms with E-state index in [9.17, 15) is 4.57 Å². The molecule has 3 heterocycles. The molecule has 102 valence electrons. The minimum atomic E-state index is 0.236. The van der Waals surface area contributed by atoms with E-state index < -0.39 is 0 Å². The Morgan fingerprint density at radius 2 is 1.55 bits per heavy atom. The maximum Gasteiger partial charge on any atom is 0.155 e. The molecule has 0 N–H and O–H groups in total. The number of aromatic nitrogens is 1. The van der Waals surface area contributed by atoms with Gasteiger partial charge in [0.15, 0.2) is 8.46 Å². The number of thiophene rings is 2. The second-order valence-corrected chi connectivity index (χ2v) is 7.02. The Hall–Kier alpha value is -1.22. The van der Waals surface area contributed by atoms with Gasteiger partial charge in [0.1, 0.15) is 0 Å². The maximum atomic E-state index is 10.7. The molecule has 0 aromatic carbocycles. The predicted molar refractivity (Wildman–Crippen MR) is 88.1 cm³/mol. The summed E-state index contributed by atoms with van der Waals surface area (Å²) in [5.41, 5.74) is 2.51. The van der Waals surface area contributed by atoms with Gasteiger partial charge >= 0.3 is 0 Å². The average Bonchev–Trinajstić information content (AvgIpc) is 3.19. The molecule has 20 heavy (non-hydrogen) atoms. The minimum Gasteiger partial charge on any atom is -0.339 e. The highest BCUT2D eigenvalue weighted by atomic mass is 32.1. The molecular formula is C15H14NOPS2. The van der Waals surface area contributed by atoms with Gasteiger partial charge in [-0.25, -0.2) is 0 Å². The maximum absolute atomic E-state index is 10.7. The van der Waals surface area contributed by atoms with E-state index in [1.54, 1.807) is 22.7 Å². The van der Waals surface area contributed by atoms with Crippen molar-refractivity contribution in [1.82, 2.24) is 4.57 Å². The topological polar surface area (TPSA) is 22.0 Å². The Bertz CT molecular complexity index is 619. The molecular weight excluding hydrogens is 305 g/mol. The van der Waals surface area contributed by atoms with E-state index in [0.717, 1.165) is 13.0 Å². The summed E-state index contributed by atoms with van der Waals surface area (Å²) in [6, 6.07) is 12.9. The van der Waals surface area contributed by atoms with Gasteiger partial charge in [0.05, 0.1) is 21.1 Å². The van der Waals surface area contributed by atoms with E-state index in [1.165, 1.54) is 21.1 Å². The molecule has 0 aliphatic rings. The Kier molecular flexibility index (Phi) is 4.46. The first-order valence-electron chi connectivity index (χ1n) is 6.46. The third kappa shape index (κ3) is 2.78. The molecule has 0 spiro atoms. The Labute approximate surface area is 127 Å². The largest absolute Gasteiger partial charge is 0.339 e. The molecule has 0 saturated carbocycles. The van der Waals surface area contributed by atoms with Gasteiger partial charge in [0.25, 0.3) is 0 Å². The van der Waals surface area contributed by atoms with Gasteiger partial charge in [-0.3, -0.25) is 4.57 Å². The van der Waals surface area contributed by atoms with Crippen LogP contribution in [0, 0.1) is 0 Å². The molecule has 5 heteroatoms. The summed E-state index contributed by atoms with van der Waals surface area (Å²) in [5, 5.41) is 4.21. The van der Waals surface area contributed by atoms with E-state index in [4.69, 9.17) is 0 Å². The molecule has 3 aromatic rings. The summed E-state index contributed by atoms with van der Waals surface area (Å²) >= 11 is 3.52. The van der Waals surface area contributed by atoms with Gasteiger partial charge < -0.3 is 4.57 Å². The van der Waals surface area contributed by atoms with Crippen molar-refractivity contribution in [1.29, 1.82) is 0 Å². The smallest absolute Gasteiger partial charge is 0.155 e. The summed E-state index contributed by atoms with van der Waals surface area (Å²) in [5.74, 6) is 0. The van der Waals surface area contributed by atoms with Crippen LogP contribution in [0.1, 0.15) is 6.42 Å². The fourth-order valence-electron chi connectivity index (χ4n) is 2.28. The Morgan fingerprint density at radius 1 is 0.950 bits per heavy atom. The van der Waals surface area contributed by atoms with Crippen LogP contribution in [0.15, 0.2) is 47.2 Å². The van der Waals surface area contributed by atoms with E-state index in [2.05, 4.69) is 51.7 Å². The highest BCUT2D eigenvalue weighted by Gasteiger charge is 2.12. The molecule has 0 radical (unpaired) electrons. The molecule has 0 aliphatic heterocycles. The fraction of sp³-hybridized carbons (Fsp3) is 0.200. The second kappa shape index (κ2) is 6.49. The zero-order valence-corrected chi connectivity index (χ0v) is 13.4. The second-order valence-electron chi connectivity index (χ2n) is 4.42. The third-order valence-corrected chi connectivity index (χ3v) is 5.44. The van der Waals surface area contributed by atoms with Crippen LogP contribution >= 0.6 is 31.1 Å². The van der Waals surface area contributed by atoms with Crippen molar-refractivity contribution in [3.05, 3.63) is 47.2 Å². The molecule has 0 amide bonds. The SMILES string of the molecule is O=PCCCn1c(-c2cccs2)ccc1-c1cccs1. The minimum absolute atomic E-state index is 0.236. The number of hydrogen-bond acceptors (Lipinski definition) is 3. The first-order valence-corrected chi connectivity index (χ1v) is 9.22. The normalized spacial score (nSPS) is 11.2. The van der Waals surface area contributed by atoms with Crippen LogP contribution in [0.25, 0.3) is 21.1 Å². The highest BCUT2D eigenvalue weighted by molar-refractivity contribution is 7.23. The third-order valence-electron chi connectivity index (χ3n) is 3.16. The van der Waals surface area contributed by atoms with Gasteiger partial charge in [-0.1, -0.05) is 12.1 Å². The molecule has 0 unspecified atom stereocenters. The lowest BCUT2D eigenvalue weighted by Gasteiger charge is -2.11. The summed E-state index contributed by atoms with van der Waals surface area (Å²) < 4.78 is 13.0. The molecule has 0 atom stereocenters. The summed E-state index contributed by atoms with van der Waals surface area (Å²) in [6.07, 6.45) is 1.64.